The lowest BCUT2D eigenvalue weighted by Gasteiger charge is -2.42. The van der Waals surface area contributed by atoms with E-state index in [9.17, 15) is 18.0 Å². The zero-order valence-corrected chi connectivity index (χ0v) is 8.72. The highest BCUT2D eigenvalue weighted by Gasteiger charge is 2.49. The third-order valence-corrected chi connectivity index (χ3v) is 4.38. The Kier molecular flexibility index (Phi) is 1.97. The predicted octanol–water partition coefficient (Wildman–Crippen LogP) is -0.687. The van der Waals surface area contributed by atoms with Crippen LogP contribution < -0.4 is 0 Å². The van der Waals surface area contributed by atoms with Crippen LogP contribution in [0.15, 0.2) is 11.8 Å². The van der Waals surface area contributed by atoms with Crippen LogP contribution in [0.25, 0.3) is 0 Å². The number of fused-ring (bicyclic) bond motifs is 1. The van der Waals surface area contributed by atoms with Gasteiger partial charge in [-0.05, 0) is 6.08 Å². The van der Waals surface area contributed by atoms with Gasteiger partial charge in [0.1, 0.15) is 5.37 Å². The van der Waals surface area contributed by atoms with Crippen molar-refractivity contribution in [2.75, 3.05) is 5.75 Å². The van der Waals surface area contributed by atoms with Crippen LogP contribution in [0.5, 0.6) is 0 Å². The van der Waals surface area contributed by atoms with E-state index in [0.717, 1.165) is 4.90 Å². The first-order valence-corrected chi connectivity index (χ1v) is 6.07. The second-order valence-electron chi connectivity index (χ2n) is 3.15. The van der Waals surface area contributed by atoms with E-state index >= 15 is 0 Å². The van der Waals surface area contributed by atoms with Gasteiger partial charge >= 0.3 is 0 Å². The van der Waals surface area contributed by atoms with Crippen LogP contribution >= 0.6 is 12.6 Å². The highest BCUT2D eigenvalue weighted by molar-refractivity contribution is 7.97. The SMILES string of the molecule is O=C(S)C1=CCS(=O)(=O)[C@@H]2CC(=O)N12. The maximum atomic E-state index is 11.4. The normalized spacial score (nSPS) is 28.9. The summed E-state index contributed by atoms with van der Waals surface area (Å²) in [5, 5.41) is -1.41. The highest BCUT2D eigenvalue weighted by atomic mass is 32.2. The van der Waals surface area contributed by atoms with Gasteiger partial charge in [0, 0.05) is 0 Å². The van der Waals surface area contributed by atoms with E-state index in [1.807, 2.05) is 0 Å². The first-order valence-electron chi connectivity index (χ1n) is 3.90. The number of β-lactam (4-membered cyclic amide) rings is 1. The van der Waals surface area contributed by atoms with Gasteiger partial charge in [-0.25, -0.2) is 8.42 Å². The molecule has 14 heavy (non-hydrogen) atoms. The van der Waals surface area contributed by atoms with Crippen molar-refractivity contribution in [3.05, 3.63) is 11.8 Å². The number of hydrogen-bond donors (Lipinski definition) is 1. The lowest BCUT2D eigenvalue weighted by atomic mass is 10.1. The van der Waals surface area contributed by atoms with Gasteiger partial charge < -0.3 is 0 Å². The molecule has 1 amide bonds. The molecule has 0 spiro atoms. The molecule has 0 aromatic rings. The average Bonchev–Trinajstić information content (AvgIpc) is 2.05. The first kappa shape index (κ1) is 9.72. The van der Waals surface area contributed by atoms with Gasteiger partial charge in [-0.1, -0.05) is 12.6 Å². The molecule has 0 N–H and O–H groups in total. The average molecular weight is 233 g/mol. The second-order valence-corrected chi connectivity index (χ2v) is 5.76. The highest BCUT2D eigenvalue weighted by Crippen LogP contribution is 2.33. The summed E-state index contributed by atoms with van der Waals surface area (Å²) in [4.78, 5) is 23.1. The summed E-state index contributed by atoms with van der Waals surface area (Å²) in [6.45, 7) is 0. The molecular formula is C7H7NO4S2. The number of sulfone groups is 1. The lowest BCUT2D eigenvalue weighted by Crippen LogP contribution is -2.58. The second kappa shape index (κ2) is 2.83. The van der Waals surface area contributed by atoms with Gasteiger partial charge in [0.05, 0.1) is 17.9 Å². The summed E-state index contributed by atoms with van der Waals surface area (Å²) in [5.74, 6) is -0.532. The van der Waals surface area contributed by atoms with Crippen LogP contribution in [-0.4, -0.2) is 35.5 Å². The van der Waals surface area contributed by atoms with E-state index in [1.54, 1.807) is 0 Å². The molecule has 0 unspecified atom stereocenters. The van der Waals surface area contributed by atoms with E-state index < -0.39 is 20.3 Å². The summed E-state index contributed by atoms with van der Waals surface area (Å²) >= 11 is 3.58. The lowest BCUT2D eigenvalue weighted by molar-refractivity contribution is -0.140. The van der Waals surface area contributed by atoms with Crippen molar-refractivity contribution in [3.63, 3.8) is 0 Å². The molecule has 1 atom stereocenters. The van der Waals surface area contributed by atoms with Crippen LogP contribution in [0.4, 0.5) is 0 Å². The van der Waals surface area contributed by atoms with E-state index in [0.29, 0.717) is 0 Å². The Morgan fingerprint density at radius 2 is 2.21 bits per heavy atom. The fourth-order valence-corrected chi connectivity index (χ4v) is 3.32. The summed E-state index contributed by atoms with van der Waals surface area (Å²) < 4.78 is 22.8. The zero-order chi connectivity index (χ0) is 10.5. The fraction of sp³-hybridized carbons (Fsp3) is 0.429. The quantitative estimate of drug-likeness (QED) is 0.481. The minimum atomic E-state index is -3.28. The first-order chi connectivity index (χ1) is 6.43. The van der Waals surface area contributed by atoms with Crippen LogP contribution in [0.3, 0.4) is 0 Å². The molecule has 2 heterocycles. The van der Waals surface area contributed by atoms with Gasteiger partial charge in [-0.15, -0.1) is 0 Å². The van der Waals surface area contributed by atoms with Crippen molar-refractivity contribution in [2.24, 2.45) is 0 Å². The smallest absolute Gasteiger partial charge is 0.232 e. The van der Waals surface area contributed by atoms with Crippen molar-refractivity contribution < 1.29 is 18.0 Å². The zero-order valence-electron chi connectivity index (χ0n) is 7.00. The topological polar surface area (TPSA) is 71.5 Å². The Balaban J connectivity index is 2.45. The van der Waals surface area contributed by atoms with Gasteiger partial charge in [-0.2, -0.15) is 0 Å². The summed E-state index contributed by atoms with van der Waals surface area (Å²) in [7, 11) is -3.28. The van der Waals surface area contributed by atoms with E-state index in [2.05, 4.69) is 12.6 Å². The van der Waals surface area contributed by atoms with Crippen LogP contribution in [0.2, 0.25) is 0 Å². The van der Waals surface area contributed by atoms with Crippen molar-refractivity contribution in [1.82, 2.24) is 4.90 Å². The number of nitrogens with zero attached hydrogens (tertiary/aromatic N) is 1. The minimum absolute atomic E-state index is 0.0271. The molecule has 0 aromatic carbocycles. The van der Waals surface area contributed by atoms with E-state index in [-0.39, 0.29) is 23.8 Å². The Morgan fingerprint density at radius 3 is 2.71 bits per heavy atom. The summed E-state index contributed by atoms with van der Waals surface area (Å²) in [5.41, 5.74) is 0.0874. The molecule has 0 saturated carbocycles. The Hall–Kier alpha value is -0.820. The number of amides is 1. The summed E-state index contributed by atoms with van der Waals surface area (Å²) in [6, 6.07) is 0. The van der Waals surface area contributed by atoms with Gasteiger partial charge in [0.2, 0.25) is 11.0 Å². The Bertz CT molecular complexity index is 450. The van der Waals surface area contributed by atoms with E-state index in [1.165, 1.54) is 6.08 Å². The maximum absolute atomic E-state index is 11.4. The standard InChI is InChI=1S/C7H7NO4S2/c9-5-3-6-8(5)4(7(10)13)1-2-14(6,11)12/h1,6H,2-3H2,(H,10,13)/t6-/m1/s1. The monoisotopic (exact) mass is 233 g/mol. The van der Waals surface area contributed by atoms with Crippen LogP contribution in [0, 0.1) is 0 Å². The van der Waals surface area contributed by atoms with Gasteiger partial charge in [-0.3, -0.25) is 14.5 Å². The Morgan fingerprint density at radius 1 is 1.57 bits per heavy atom. The predicted molar refractivity (Wildman–Crippen MR) is 51.1 cm³/mol. The van der Waals surface area contributed by atoms with Crippen LogP contribution in [0.1, 0.15) is 6.42 Å². The molecule has 5 nitrogen and oxygen atoms in total. The molecule has 2 aliphatic heterocycles. The molecule has 0 bridgehead atoms. The maximum Gasteiger partial charge on any atom is 0.232 e. The molecule has 76 valence electrons. The van der Waals surface area contributed by atoms with Gasteiger partial charge in [0.25, 0.3) is 0 Å². The molecule has 1 fully saturated rings. The van der Waals surface area contributed by atoms with Crippen LogP contribution in [-0.2, 0) is 19.4 Å². The number of rotatable bonds is 1. The van der Waals surface area contributed by atoms with Crippen molar-refractivity contribution in [3.8, 4) is 0 Å². The fourth-order valence-electron chi connectivity index (χ4n) is 1.56. The third kappa shape index (κ3) is 1.19. The molecule has 0 aliphatic carbocycles. The van der Waals surface area contributed by atoms with Crippen molar-refractivity contribution >= 4 is 33.5 Å². The number of carbonyl (C=O) groups excluding carboxylic acids is 2. The molecule has 2 rings (SSSR count). The molecule has 0 aromatic heterocycles. The van der Waals surface area contributed by atoms with Crippen molar-refractivity contribution in [2.45, 2.75) is 11.8 Å². The largest absolute Gasteiger partial charge is 0.290 e. The molecule has 7 heteroatoms. The third-order valence-electron chi connectivity index (χ3n) is 2.31. The summed E-state index contributed by atoms with van der Waals surface area (Å²) in [6.07, 6.45) is 1.21. The molecule has 1 saturated heterocycles. The Labute approximate surface area is 86.1 Å². The molecule has 0 radical (unpaired) electrons. The minimum Gasteiger partial charge on any atom is -0.290 e. The number of hydrogen-bond acceptors (Lipinski definition) is 4. The van der Waals surface area contributed by atoms with Gasteiger partial charge in [0.15, 0.2) is 9.84 Å². The molecular weight excluding hydrogens is 226 g/mol. The van der Waals surface area contributed by atoms with E-state index in [4.69, 9.17) is 0 Å². The van der Waals surface area contributed by atoms with Crippen molar-refractivity contribution in [1.29, 1.82) is 0 Å². The molecule has 2 aliphatic rings. The number of thiol groups is 1. The number of carbonyl (C=O) groups is 2.